The smallest absolute Gasteiger partial charge is 0.335 e. The zero-order chi connectivity index (χ0) is 36.6. The first-order chi connectivity index (χ1) is 24.9. The Labute approximate surface area is 299 Å². The third-order valence-corrected chi connectivity index (χ3v) is 11.2. The molecule has 4 aromatic carbocycles. The summed E-state index contributed by atoms with van der Waals surface area (Å²) in [5, 5.41) is 22.1. The second-order valence-electron chi connectivity index (χ2n) is 13.4. The quantitative estimate of drug-likeness (QED) is 0.157. The summed E-state index contributed by atoms with van der Waals surface area (Å²) in [7, 11) is 0. The Morgan fingerprint density at radius 1 is 0.865 bits per heavy atom. The molecule has 6 atom stereocenters. The third kappa shape index (κ3) is 4.77. The standard InChI is InChI=1S/C39H28ClF2N3O7/c40-21-9-7-20(8-10-21)39-29(35(48)45(38(39)52)43-23-13-11-22(41)12-14-23)18-28-25(32(39)27-5-2-6-30(42)33(27)46)15-16-26-31(28)36(49)44(34(26)47)24-4-1-3-19(17-24)37(50)51/h1-15,17,26,28-29,31-32,43,46H,16,18H2,(H,50,51)/t26-,28+,29-,31-,32+,39+/m0/s1. The Kier molecular flexibility index (Phi) is 7.76. The largest absolute Gasteiger partial charge is 0.505 e. The van der Waals surface area contributed by atoms with Gasteiger partial charge in [0.2, 0.25) is 11.8 Å². The maximum absolute atomic E-state index is 15.3. The number of fused-ring (bicyclic) bond motifs is 4. The lowest BCUT2D eigenvalue weighted by Crippen LogP contribution is -2.53. The van der Waals surface area contributed by atoms with E-state index in [2.05, 4.69) is 5.43 Å². The van der Waals surface area contributed by atoms with Gasteiger partial charge in [-0.05, 0) is 85.0 Å². The van der Waals surface area contributed by atoms with Crippen LogP contribution in [0, 0.1) is 35.3 Å². The van der Waals surface area contributed by atoms with Crippen molar-refractivity contribution in [2.45, 2.75) is 24.2 Å². The van der Waals surface area contributed by atoms with Gasteiger partial charge in [0.05, 0.1) is 40.1 Å². The average molecular weight is 724 g/mol. The Hall–Kier alpha value is -5.88. The van der Waals surface area contributed by atoms with Gasteiger partial charge in [0.15, 0.2) is 11.6 Å². The van der Waals surface area contributed by atoms with Gasteiger partial charge in [0, 0.05) is 16.5 Å². The van der Waals surface area contributed by atoms with E-state index in [-0.39, 0.29) is 35.3 Å². The number of benzene rings is 4. The molecule has 3 fully saturated rings. The fraction of sp³-hybridized carbons (Fsp3) is 0.205. The van der Waals surface area contributed by atoms with Crippen molar-refractivity contribution in [3.8, 4) is 5.75 Å². The number of nitrogens with zero attached hydrogens (tertiary/aromatic N) is 2. The molecule has 3 N–H and O–H groups in total. The van der Waals surface area contributed by atoms with Crippen LogP contribution in [0.4, 0.5) is 20.2 Å². The van der Waals surface area contributed by atoms with Crippen LogP contribution in [-0.2, 0) is 24.6 Å². The van der Waals surface area contributed by atoms with Crippen LogP contribution in [0.1, 0.15) is 40.2 Å². The summed E-state index contributed by atoms with van der Waals surface area (Å²) in [6.07, 6.45) is 1.70. The third-order valence-electron chi connectivity index (χ3n) is 10.9. The van der Waals surface area contributed by atoms with Crippen LogP contribution in [0.15, 0.2) is 103 Å². The number of nitrogens with one attached hydrogen (secondary N) is 1. The maximum Gasteiger partial charge on any atom is 0.335 e. The highest BCUT2D eigenvalue weighted by atomic mass is 35.5. The van der Waals surface area contributed by atoms with Crippen LogP contribution in [-0.4, -0.2) is 44.8 Å². The molecule has 0 radical (unpaired) electrons. The molecule has 8 rings (SSSR count). The number of halogens is 3. The second-order valence-corrected chi connectivity index (χ2v) is 13.9. The minimum atomic E-state index is -1.81. The van der Waals surface area contributed by atoms with Gasteiger partial charge in [0.25, 0.3) is 11.8 Å². The number of hydrazine groups is 1. The predicted octanol–water partition coefficient (Wildman–Crippen LogP) is 6.21. The molecule has 0 unspecified atom stereocenters. The molecular formula is C39H28ClF2N3O7. The van der Waals surface area contributed by atoms with Gasteiger partial charge in [-0.1, -0.05) is 53.6 Å². The molecule has 10 nitrogen and oxygen atoms in total. The van der Waals surface area contributed by atoms with E-state index in [1.165, 1.54) is 48.5 Å². The number of carboxylic acids is 1. The lowest BCUT2D eigenvalue weighted by atomic mass is 9.49. The molecule has 2 aliphatic heterocycles. The minimum absolute atomic E-state index is 0.00178. The lowest BCUT2D eigenvalue weighted by molar-refractivity contribution is -0.138. The molecule has 13 heteroatoms. The number of amides is 4. The molecule has 2 heterocycles. The number of carbonyl (C=O) groups is 5. The van der Waals surface area contributed by atoms with Gasteiger partial charge in [-0.15, -0.1) is 0 Å². The molecule has 0 spiro atoms. The maximum atomic E-state index is 15.3. The topological polar surface area (TPSA) is 144 Å². The number of anilines is 2. The number of para-hydroxylation sites is 1. The number of imide groups is 2. The molecule has 0 bridgehead atoms. The van der Waals surface area contributed by atoms with Crippen molar-refractivity contribution in [1.82, 2.24) is 5.01 Å². The van der Waals surface area contributed by atoms with E-state index in [9.17, 15) is 33.8 Å². The van der Waals surface area contributed by atoms with E-state index in [1.807, 2.05) is 0 Å². The van der Waals surface area contributed by atoms with Crippen molar-refractivity contribution >= 4 is 52.6 Å². The van der Waals surface area contributed by atoms with Crippen LogP contribution in [0.3, 0.4) is 0 Å². The van der Waals surface area contributed by atoms with E-state index >= 15 is 9.18 Å². The van der Waals surface area contributed by atoms with E-state index in [4.69, 9.17) is 11.6 Å². The Morgan fingerprint density at radius 3 is 2.29 bits per heavy atom. The van der Waals surface area contributed by atoms with Crippen LogP contribution in [0.5, 0.6) is 5.75 Å². The fourth-order valence-corrected chi connectivity index (χ4v) is 8.92. The first-order valence-electron chi connectivity index (χ1n) is 16.5. The summed E-state index contributed by atoms with van der Waals surface area (Å²) in [4.78, 5) is 70.8. The van der Waals surface area contributed by atoms with Crippen LogP contribution in [0.25, 0.3) is 0 Å². The number of phenols is 1. The first kappa shape index (κ1) is 33.3. The number of phenolic OH excluding ortho intramolecular Hbond substituents is 1. The van der Waals surface area contributed by atoms with Gasteiger partial charge in [0.1, 0.15) is 5.82 Å². The van der Waals surface area contributed by atoms with Crippen LogP contribution in [0.2, 0.25) is 5.02 Å². The second kappa shape index (κ2) is 12.1. The summed E-state index contributed by atoms with van der Waals surface area (Å²) in [5.74, 6) is -11.2. The van der Waals surface area contributed by atoms with Crippen molar-refractivity contribution in [3.05, 3.63) is 136 Å². The van der Waals surface area contributed by atoms with Crippen molar-refractivity contribution in [2.75, 3.05) is 10.3 Å². The minimum Gasteiger partial charge on any atom is -0.505 e. The molecule has 52 heavy (non-hydrogen) atoms. The van der Waals surface area contributed by atoms with E-state index in [1.54, 1.807) is 30.3 Å². The average Bonchev–Trinajstić information content (AvgIpc) is 3.51. The van der Waals surface area contributed by atoms with Gasteiger partial charge in [-0.3, -0.25) is 29.5 Å². The predicted molar refractivity (Wildman–Crippen MR) is 183 cm³/mol. The molecule has 2 aliphatic carbocycles. The highest BCUT2D eigenvalue weighted by Crippen LogP contribution is 2.65. The molecule has 0 aromatic heterocycles. The Balaban J connectivity index is 1.32. The number of hydrogen-bond acceptors (Lipinski definition) is 7. The highest BCUT2D eigenvalue weighted by molar-refractivity contribution is 6.30. The Bertz CT molecular complexity index is 2250. The van der Waals surface area contributed by atoms with Crippen molar-refractivity contribution < 1.29 is 43.0 Å². The number of hydrogen-bond donors (Lipinski definition) is 3. The fourth-order valence-electron chi connectivity index (χ4n) is 8.80. The number of allylic oxidation sites excluding steroid dienone is 2. The number of aromatic hydroxyl groups is 1. The molecule has 1 saturated carbocycles. The molecule has 4 aromatic rings. The highest BCUT2D eigenvalue weighted by Gasteiger charge is 2.70. The van der Waals surface area contributed by atoms with Crippen LogP contribution >= 0.6 is 11.6 Å². The molecule has 4 aliphatic rings. The number of aromatic carboxylic acids is 1. The van der Waals surface area contributed by atoms with Crippen molar-refractivity contribution in [3.63, 3.8) is 0 Å². The lowest BCUT2D eigenvalue weighted by Gasteiger charge is -2.50. The van der Waals surface area contributed by atoms with Crippen molar-refractivity contribution in [2.24, 2.45) is 23.7 Å². The zero-order valence-corrected chi connectivity index (χ0v) is 27.8. The normalized spacial score (nSPS) is 26.5. The molecule has 262 valence electrons. The van der Waals surface area contributed by atoms with Crippen LogP contribution < -0.4 is 10.3 Å². The first-order valence-corrected chi connectivity index (χ1v) is 16.9. The summed E-state index contributed by atoms with van der Waals surface area (Å²) >= 11 is 6.28. The number of carbonyl (C=O) groups excluding carboxylic acids is 4. The van der Waals surface area contributed by atoms with E-state index < -0.39 is 82.0 Å². The zero-order valence-electron chi connectivity index (χ0n) is 27.0. The van der Waals surface area contributed by atoms with Gasteiger partial charge < -0.3 is 10.2 Å². The van der Waals surface area contributed by atoms with Gasteiger partial charge in [-0.25, -0.2) is 13.6 Å². The molecule has 4 amide bonds. The number of rotatable bonds is 6. The summed E-state index contributed by atoms with van der Waals surface area (Å²) in [6, 6.07) is 20.7. The number of carboxylic acid groups (broad SMARTS) is 1. The van der Waals surface area contributed by atoms with E-state index in [0.29, 0.717) is 16.2 Å². The monoisotopic (exact) mass is 723 g/mol. The van der Waals surface area contributed by atoms with Gasteiger partial charge >= 0.3 is 5.97 Å². The summed E-state index contributed by atoms with van der Waals surface area (Å²) < 4.78 is 29.1. The summed E-state index contributed by atoms with van der Waals surface area (Å²) in [5.41, 5.74) is 2.02. The summed E-state index contributed by atoms with van der Waals surface area (Å²) in [6.45, 7) is 0. The van der Waals surface area contributed by atoms with E-state index in [0.717, 1.165) is 28.1 Å². The van der Waals surface area contributed by atoms with Crippen molar-refractivity contribution in [1.29, 1.82) is 0 Å². The Morgan fingerprint density at radius 2 is 1.58 bits per heavy atom. The van der Waals surface area contributed by atoms with Gasteiger partial charge in [-0.2, -0.15) is 5.01 Å². The SMILES string of the molecule is O=C(O)c1cccc(N2C(=O)[C@H]3[C@H](CC=C4[C@H]3C[C@H]3C(=O)N(Nc5ccc(F)cc5)C(=O)[C@@]3(c3ccc(Cl)cc3)[C@H]4c3cccc(F)c3O)C2=O)c1. The molecular weight excluding hydrogens is 696 g/mol. The molecule has 2 saturated heterocycles.